The molecular formula is C21H25ClN2O4S2. The molecule has 6 nitrogen and oxygen atoms in total. The molecular weight excluding hydrogens is 444 g/mol. The summed E-state index contributed by atoms with van der Waals surface area (Å²) in [5.74, 6) is -0.428. The SMILES string of the molecule is Cc1ccc(S(=O)(=O)[C@H]2CS(=O)(=O)C[C@@H]2N2CCN(c3cccc(Cl)c3)CC2)cc1. The lowest BCUT2D eigenvalue weighted by Gasteiger charge is -2.40. The molecule has 0 bridgehead atoms. The van der Waals surface area contributed by atoms with Crippen molar-refractivity contribution in [3.8, 4) is 0 Å². The number of anilines is 1. The first-order valence-electron chi connectivity index (χ1n) is 9.91. The van der Waals surface area contributed by atoms with E-state index in [0.717, 1.165) is 11.3 Å². The smallest absolute Gasteiger partial charge is 0.183 e. The highest BCUT2D eigenvalue weighted by molar-refractivity contribution is 7.96. The molecule has 2 aliphatic rings. The number of aryl methyl sites for hydroxylation is 1. The molecule has 30 heavy (non-hydrogen) atoms. The van der Waals surface area contributed by atoms with Crippen LogP contribution in [0.25, 0.3) is 0 Å². The fourth-order valence-corrected chi connectivity index (χ4v) is 9.34. The van der Waals surface area contributed by atoms with Gasteiger partial charge in [-0.3, -0.25) is 4.90 Å². The Balaban J connectivity index is 1.54. The Morgan fingerprint density at radius 2 is 1.63 bits per heavy atom. The summed E-state index contributed by atoms with van der Waals surface area (Å²) >= 11 is 6.09. The van der Waals surface area contributed by atoms with Crippen molar-refractivity contribution in [2.24, 2.45) is 0 Å². The number of piperazine rings is 1. The second kappa shape index (κ2) is 8.15. The van der Waals surface area contributed by atoms with Crippen LogP contribution in [-0.2, 0) is 19.7 Å². The summed E-state index contributed by atoms with van der Waals surface area (Å²) in [5, 5.41) is -0.274. The van der Waals surface area contributed by atoms with Gasteiger partial charge in [0.05, 0.1) is 21.7 Å². The summed E-state index contributed by atoms with van der Waals surface area (Å²) < 4.78 is 51.5. The van der Waals surface area contributed by atoms with Gasteiger partial charge in [0.2, 0.25) is 0 Å². The molecule has 2 atom stereocenters. The predicted molar refractivity (Wildman–Crippen MR) is 120 cm³/mol. The number of halogens is 1. The molecule has 2 heterocycles. The molecule has 0 spiro atoms. The highest BCUT2D eigenvalue weighted by atomic mass is 35.5. The number of hydrogen-bond donors (Lipinski definition) is 0. The van der Waals surface area contributed by atoms with E-state index in [9.17, 15) is 16.8 Å². The Hall–Kier alpha value is -1.61. The van der Waals surface area contributed by atoms with Crippen LogP contribution in [0.2, 0.25) is 5.02 Å². The first-order valence-corrected chi connectivity index (χ1v) is 13.7. The van der Waals surface area contributed by atoms with Crippen LogP contribution in [0.4, 0.5) is 5.69 Å². The van der Waals surface area contributed by atoms with E-state index in [2.05, 4.69) is 4.90 Å². The molecule has 0 radical (unpaired) electrons. The lowest BCUT2D eigenvalue weighted by atomic mass is 10.1. The molecule has 0 saturated carbocycles. The summed E-state index contributed by atoms with van der Waals surface area (Å²) in [6, 6.07) is 13.7. The average Bonchev–Trinajstić information content (AvgIpc) is 3.05. The minimum absolute atomic E-state index is 0.111. The van der Waals surface area contributed by atoms with E-state index in [-0.39, 0.29) is 16.4 Å². The van der Waals surface area contributed by atoms with Gasteiger partial charge >= 0.3 is 0 Å². The minimum Gasteiger partial charge on any atom is -0.369 e. The van der Waals surface area contributed by atoms with E-state index in [1.54, 1.807) is 24.3 Å². The summed E-state index contributed by atoms with van der Waals surface area (Å²) in [7, 11) is -7.16. The lowest BCUT2D eigenvalue weighted by molar-refractivity contribution is 0.201. The highest BCUT2D eigenvalue weighted by Crippen LogP contribution is 2.30. The predicted octanol–water partition coefficient (Wildman–Crippen LogP) is 2.41. The van der Waals surface area contributed by atoms with Crippen molar-refractivity contribution >= 4 is 37.0 Å². The van der Waals surface area contributed by atoms with Gasteiger partial charge in [-0.05, 0) is 37.3 Å². The topological polar surface area (TPSA) is 74.8 Å². The van der Waals surface area contributed by atoms with Crippen molar-refractivity contribution in [2.45, 2.75) is 23.1 Å². The van der Waals surface area contributed by atoms with Gasteiger partial charge in [0.1, 0.15) is 0 Å². The van der Waals surface area contributed by atoms with Crippen LogP contribution in [0, 0.1) is 6.92 Å². The second-order valence-corrected chi connectivity index (χ2v) is 12.8. The maximum absolute atomic E-state index is 13.3. The third-order valence-corrected chi connectivity index (χ3v) is 10.3. The van der Waals surface area contributed by atoms with Crippen LogP contribution in [0.3, 0.4) is 0 Å². The Bertz CT molecular complexity index is 1130. The molecule has 2 aliphatic heterocycles. The molecule has 2 saturated heterocycles. The highest BCUT2D eigenvalue weighted by Gasteiger charge is 2.48. The van der Waals surface area contributed by atoms with E-state index in [0.29, 0.717) is 31.2 Å². The zero-order valence-corrected chi connectivity index (χ0v) is 19.1. The van der Waals surface area contributed by atoms with Crippen molar-refractivity contribution in [1.82, 2.24) is 4.90 Å². The van der Waals surface area contributed by atoms with E-state index in [4.69, 9.17) is 11.6 Å². The number of hydrogen-bond acceptors (Lipinski definition) is 6. The van der Waals surface area contributed by atoms with Gasteiger partial charge in [-0.15, -0.1) is 0 Å². The van der Waals surface area contributed by atoms with Gasteiger partial charge < -0.3 is 4.90 Å². The molecule has 0 unspecified atom stereocenters. The van der Waals surface area contributed by atoms with Crippen molar-refractivity contribution in [3.05, 3.63) is 59.1 Å². The van der Waals surface area contributed by atoms with Crippen LogP contribution < -0.4 is 4.90 Å². The van der Waals surface area contributed by atoms with Gasteiger partial charge in [0.15, 0.2) is 19.7 Å². The fraction of sp³-hybridized carbons (Fsp3) is 0.429. The molecule has 0 aromatic heterocycles. The van der Waals surface area contributed by atoms with Gasteiger partial charge in [0, 0.05) is 42.9 Å². The molecule has 2 aromatic carbocycles. The number of sulfone groups is 2. The van der Waals surface area contributed by atoms with Gasteiger partial charge in [-0.25, -0.2) is 16.8 Å². The minimum atomic E-state index is -3.75. The molecule has 2 aromatic rings. The Morgan fingerprint density at radius 1 is 0.967 bits per heavy atom. The summed E-state index contributed by atoms with van der Waals surface area (Å²) in [5.41, 5.74) is 1.98. The molecule has 2 fully saturated rings. The van der Waals surface area contributed by atoms with Crippen LogP contribution >= 0.6 is 11.6 Å². The maximum Gasteiger partial charge on any atom is 0.183 e. The summed E-state index contributed by atoms with van der Waals surface area (Å²) in [4.78, 5) is 4.41. The second-order valence-electron chi connectivity index (χ2n) is 8.04. The number of rotatable bonds is 4. The zero-order valence-electron chi connectivity index (χ0n) is 16.7. The molecule has 4 rings (SSSR count). The number of nitrogens with zero attached hydrogens (tertiary/aromatic N) is 2. The van der Waals surface area contributed by atoms with Crippen molar-refractivity contribution in [2.75, 3.05) is 42.6 Å². The van der Waals surface area contributed by atoms with E-state index >= 15 is 0 Å². The quantitative estimate of drug-likeness (QED) is 0.686. The Labute approximate surface area is 183 Å². The van der Waals surface area contributed by atoms with Crippen molar-refractivity contribution in [1.29, 1.82) is 0 Å². The average molecular weight is 469 g/mol. The fourth-order valence-electron chi connectivity index (χ4n) is 4.32. The van der Waals surface area contributed by atoms with Gasteiger partial charge in [-0.2, -0.15) is 0 Å². The van der Waals surface area contributed by atoms with Gasteiger partial charge in [0.25, 0.3) is 0 Å². The zero-order chi connectivity index (χ0) is 21.5. The van der Waals surface area contributed by atoms with Crippen molar-refractivity contribution < 1.29 is 16.8 Å². The Kier molecular flexibility index (Phi) is 5.87. The molecule has 162 valence electrons. The number of benzene rings is 2. The Morgan fingerprint density at radius 3 is 2.27 bits per heavy atom. The van der Waals surface area contributed by atoms with Crippen LogP contribution in [0.5, 0.6) is 0 Å². The molecule has 0 N–H and O–H groups in total. The van der Waals surface area contributed by atoms with Crippen LogP contribution in [0.15, 0.2) is 53.4 Å². The van der Waals surface area contributed by atoms with E-state index in [1.807, 2.05) is 36.1 Å². The molecule has 0 aliphatic carbocycles. The van der Waals surface area contributed by atoms with Gasteiger partial charge in [-0.1, -0.05) is 35.4 Å². The largest absolute Gasteiger partial charge is 0.369 e. The third-order valence-electron chi connectivity index (χ3n) is 5.98. The first kappa shape index (κ1) is 21.6. The third kappa shape index (κ3) is 4.37. The standard InChI is InChI=1S/C21H25ClN2O4S2/c1-16-5-7-19(8-6-16)30(27,28)21-15-29(25,26)14-20(21)24-11-9-23(10-12-24)18-4-2-3-17(22)13-18/h2-8,13,20-21H,9-12,14-15H2,1H3/t20-,21-/m0/s1. The molecule has 0 amide bonds. The maximum atomic E-state index is 13.3. The van der Waals surface area contributed by atoms with Crippen molar-refractivity contribution in [3.63, 3.8) is 0 Å². The monoisotopic (exact) mass is 468 g/mol. The normalized spacial score (nSPS) is 24.8. The summed E-state index contributed by atoms with van der Waals surface area (Å²) in [6.45, 7) is 4.47. The van der Waals surface area contributed by atoms with Crippen LogP contribution in [-0.4, -0.2) is 70.7 Å². The van der Waals surface area contributed by atoms with E-state index < -0.39 is 31.0 Å². The van der Waals surface area contributed by atoms with Crippen LogP contribution in [0.1, 0.15) is 5.56 Å². The first-order chi connectivity index (χ1) is 14.2. The summed E-state index contributed by atoms with van der Waals surface area (Å²) in [6.07, 6.45) is 0. The lowest BCUT2D eigenvalue weighted by Crippen LogP contribution is -2.55. The molecule has 9 heteroatoms. The van der Waals surface area contributed by atoms with E-state index in [1.165, 1.54) is 0 Å².